The lowest BCUT2D eigenvalue weighted by Gasteiger charge is -2.21. The van der Waals surface area contributed by atoms with Crippen LogP contribution in [0.2, 0.25) is 0 Å². The topological polar surface area (TPSA) is 57.6 Å². The van der Waals surface area contributed by atoms with E-state index >= 15 is 0 Å². The van der Waals surface area contributed by atoms with Gasteiger partial charge in [0.25, 0.3) is 0 Å². The van der Waals surface area contributed by atoms with Gasteiger partial charge in [-0.2, -0.15) is 4.31 Å². The van der Waals surface area contributed by atoms with Crippen molar-refractivity contribution in [3.8, 4) is 0 Å². The van der Waals surface area contributed by atoms with Gasteiger partial charge in [0.05, 0.1) is 11.5 Å². The summed E-state index contributed by atoms with van der Waals surface area (Å²) >= 11 is 0. The van der Waals surface area contributed by atoms with E-state index in [2.05, 4.69) is 6.92 Å². The average molecular weight is 283 g/mol. The zero-order valence-corrected chi connectivity index (χ0v) is 12.4. The van der Waals surface area contributed by atoms with Gasteiger partial charge in [0, 0.05) is 12.6 Å². The Labute approximate surface area is 115 Å². The minimum atomic E-state index is -3.45. The number of aliphatic hydroxyl groups is 1. The molecule has 0 aliphatic carbocycles. The second-order valence-electron chi connectivity index (χ2n) is 5.51. The number of aryl methyl sites for hydroxylation is 1. The molecule has 4 nitrogen and oxygen atoms in total. The molecular formula is C14H21NO3S. The van der Waals surface area contributed by atoms with Gasteiger partial charge >= 0.3 is 0 Å². The van der Waals surface area contributed by atoms with Crippen LogP contribution in [0.25, 0.3) is 0 Å². The van der Waals surface area contributed by atoms with Crippen molar-refractivity contribution in [2.24, 2.45) is 5.92 Å². The number of sulfonamides is 1. The molecule has 1 aromatic rings. The second kappa shape index (κ2) is 5.23. The lowest BCUT2D eigenvalue weighted by atomic mass is 10.1. The van der Waals surface area contributed by atoms with Crippen LogP contribution in [-0.2, 0) is 16.6 Å². The first-order valence-electron chi connectivity index (χ1n) is 6.58. The molecule has 0 saturated carbocycles. The van der Waals surface area contributed by atoms with Crippen molar-refractivity contribution >= 4 is 10.0 Å². The Morgan fingerprint density at radius 1 is 1.37 bits per heavy atom. The highest BCUT2D eigenvalue weighted by Crippen LogP contribution is 2.29. The van der Waals surface area contributed by atoms with Crippen molar-refractivity contribution in [2.45, 2.75) is 44.7 Å². The Kier molecular flexibility index (Phi) is 3.99. The maximum Gasteiger partial charge on any atom is 0.243 e. The van der Waals surface area contributed by atoms with Crippen LogP contribution in [0.4, 0.5) is 0 Å². The predicted molar refractivity (Wildman–Crippen MR) is 74.2 cm³/mol. The maximum atomic E-state index is 12.6. The van der Waals surface area contributed by atoms with Gasteiger partial charge in [0.2, 0.25) is 10.0 Å². The molecule has 106 valence electrons. The zero-order valence-electron chi connectivity index (χ0n) is 11.6. The molecule has 1 heterocycles. The van der Waals surface area contributed by atoms with Crippen molar-refractivity contribution in [2.75, 3.05) is 6.54 Å². The van der Waals surface area contributed by atoms with Crippen LogP contribution in [0.1, 0.15) is 31.4 Å². The van der Waals surface area contributed by atoms with Gasteiger partial charge in [0.15, 0.2) is 0 Å². The number of aliphatic hydroxyl groups excluding tert-OH is 1. The highest BCUT2D eigenvalue weighted by atomic mass is 32.2. The molecule has 0 spiro atoms. The smallest absolute Gasteiger partial charge is 0.243 e. The molecule has 2 unspecified atom stereocenters. The highest BCUT2D eigenvalue weighted by Gasteiger charge is 2.36. The molecule has 5 heteroatoms. The summed E-state index contributed by atoms with van der Waals surface area (Å²) in [7, 11) is -3.45. The van der Waals surface area contributed by atoms with Gasteiger partial charge in [0.1, 0.15) is 0 Å². The van der Waals surface area contributed by atoms with E-state index in [0.29, 0.717) is 18.0 Å². The number of nitrogens with zero attached hydrogens (tertiary/aromatic N) is 1. The minimum Gasteiger partial charge on any atom is -0.392 e. The Bertz CT molecular complexity index is 568. The molecule has 19 heavy (non-hydrogen) atoms. The molecule has 1 aliphatic heterocycles. The van der Waals surface area contributed by atoms with Gasteiger partial charge in [-0.15, -0.1) is 0 Å². The molecule has 1 aromatic carbocycles. The first-order chi connectivity index (χ1) is 8.86. The summed E-state index contributed by atoms with van der Waals surface area (Å²) in [4.78, 5) is 0.281. The second-order valence-corrected chi connectivity index (χ2v) is 7.40. The van der Waals surface area contributed by atoms with Crippen molar-refractivity contribution < 1.29 is 13.5 Å². The van der Waals surface area contributed by atoms with Crippen LogP contribution >= 0.6 is 0 Å². The maximum absolute atomic E-state index is 12.6. The van der Waals surface area contributed by atoms with Gasteiger partial charge in [-0.25, -0.2) is 8.42 Å². The van der Waals surface area contributed by atoms with Gasteiger partial charge in [-0.3, -0.25) is 0 Å². The summed E-state index contributed by atoms with van der Waals surface area (Å²) in [6.45, 7) is 6.32. The molecule has 2 atom stereocenters. The molecule has 1 saturated heterocycles. The van der Waals surface area contributed by atoms with Crippen molar-refractivity contribution in [3.63, 3.8) is 0 Å². The molecule has 0 amide bonds. The number of hydrogen-bond acceptors (Lipinski definition) is 3. The summed E-state index contributed by atoms with van der Waals surface area (Å²) in [5.74, 6) is 0.396. The molecule has 0 aromatic heterocycles. The van der Waals surface area contributed by atoms with Crippen LogP contribution in [0.3, 0.4) is 0 Å². The standard InChI is InChI=1S/C14H21NO3S/c1-10-6-12(3)15(8-10)19(17,18)14-5-4-11(2)13(7-14)9-16/h4-5,7,10,12,16H,6,8-9H2,1-3H3. The first-order valence-corrected chi connectivity index (χ1v) is 8.02. The van der Waals surface area contributed by atoms with E-state index in [1.807, 2.05) is 13.8 Å². The quantitative estimate of drug-likeness (QED) is 0.922. The van der Waals surface area contributed by atoms with Crippen molar-refractivity contribution in [1.82, 2.24) is 4.31 Å². The van der Waals surface area contributed by atoms with E-state index in [1.54, 1.807) is 22.5 Å². The van der Waals surface area contributed by atoms with Crippen LogP contribution < -0.4 is 0 Å². The molecule has 1 N–H and O–H groups in total. The summed E-state index contributed by atoms with van der Waals surface area (Å²) in [5, 5.41) is 9.26. The normalized spacial score (nSPS) is 24.8. The van der Waals surface area contributed by atoms with E-state index in [0.717, 1.165) is 12.0 Å². The van der Waals surface area contributed by atoms with Gasteiger partial charge < -0.3 is 5.11 Å². The molecule has 0 bridgehead atoms. The van der Waals surface area contributed by atoms with Crippen LogP contribution in [-0.4, -0.2) is 30.4 Å². The fraction of sp³-hybridized carbons (Fsp3) is 0.571. The van der Waals surface area contributed by atoms with Crippen LogP contribution in [0.15, 0.2) is 23.1 Å². The largest absolute Gasteiger partial charge is 0.392 e. The van der Waals surface area contributed by atoms with Crippen molar-refractivity contribution in [1.29, 1.82) is 0 Å². The molecule has 2 rings (SSSR count). The van der Waals surface area contributed by atoms with E-state index in [-0.39, 0.29) is 17.5 Å². The Balaban J connectivity index is 2.40. The minimum absolute atomic E-state index is 0.0406. The Morgan fingerprint density at radius 3 is 2.58 bits per heavy atom. The third-order valence-electron chi connectivity index (χ3n) is 3.82. The van der Waals surface area contributed by atoms with Crippen LogP contribution in [0, 0.1) is 12.8 Å². The fourth-order valence-corrected chi connectivity index (χ4v) is 4.52. The summed E-state index contributed by atoms with van der Waals surface area (Å²) in [5.41, 5.74) is 1.57. The van der Waals surface area contributed by atoms with E-state index in [4.69, 9.17) is 0 Å². The third kappa shape index (κ3) is 2.68. The van der Waals surface area contributed by atoms with Gasteiger partial charge in [-0.1, -0.05) is 13.0 Å². The molecule has 1 fully saturated rings. The van der Waals surface area contributed by atoms with Crippen molar-refractivity contribution in [3.05, 3.63) is 29.3 Å². The summed E-state index contributed by atoms with van der Waals surface area (Å²) in [6, 6.07) is 5.00. The average Bonchev–Trinajstić information content (AvgIpc) is 2.69. The molecular weight excluding hydrogens is 262 g/mol. The number of rotatable bonds is 3. The summed E-state index contributed by atoms with van der Waals surface area (Å²) in [6.07, 6.45) is 0.901. The molecule has 1 aliphatic rings. The van der Waals surface area contributed by atoms with Gasteiger partial charge in [-0.05, 0) is 49.4 Å². The first kappa shape index (κ1) is 14.5. The van der Waals surface area contributed by atoms with E-state index in [1.165, 1.54) is 0 Å². The SMILES string of the molecule is Cc1ccc(S(=O)(=O)N2CC(C)CC2C)cc1CO. The Morgan fingerprint density at radius 2 is 2.05 bits per heavy atom. The molecule has 0 radical (unpaired) electrons. The number of benzene rings is 1. The lowest BCUT2D eigenvalue weighted by Crippen LogP contribution is -2.34. The zero-order chi connectivity index (χ0) is 14.2. The Hall–Kier alpha value is -0.910. The lowest BCUT2D eigenvalue weighted by molar-refractivity contribution is 0.280. The van der Waals surface area contributed by atoms with E-state index < -0.39 is 10.0 Å². The predicted octanol–water partition coefficient (Wildman–Crippen LogP) is 1.91. The monoisotopic (exact) mass is 283 g/mol. The van der Waals surface area contributed by atoms with Crippen LogP contribution in [0.5, 0.6) is 0 Å². The fourth-order valence-electron chi connectivity index (χ4n) is 2.71. The number of hydrogen-bond donors (Lipinski definition) is 1. The van der Waals surface area contributed by atoms with E-state index in [9.17, 15) is 13.5 Å². The third-order valence-corrected chi connectivity index (χ3v) is 5.80. The summed E-state index contributed by atoms with van der Waals surface area (Å²) < 4.78 is 26.8. The highest BCUT2D eigenvalue weighted by molar-refractivity contribution is 7.89.